The smallest absolute Gasteiger partial charge is 0.336 e. The first kappa shape index (κ1) is 20.1. The monoisotopic (exact) mass is 398 g/mol. The summed E-state index contributed by atoms with van der Waals surface area (Å²) in [6.07, 6.45) is 0.439. The maximum Gasteiger partial charge on any atom is 0.336 e. The number of nitrogens with one attached hydrogen (secondary N) is 1. The van der Waals surface area contributed by atoms with E-state index in [9.17, 15) is 14.0 Å². The third-order valence-electron chi connectivity index (χ3n) is 4.17. The third-order valence-corrected chi connectivity index (χ3v) is 4.17. The molecule has 1 amide bonds. The van der Waals surface area contributed by atoms with Crippen molar-refractivity contribution >= 4 is 23.1 Å². The van der Waals surface area contributed by atoms with E-state index in [1.807, 2.05) is 6.92 Å². The molecule has 0 aliphatic heterocycles. The number of ether oxygens (including phenoxy) is 2. The lowest BCUT2D eigenvalue weighted by atomic mass is 10.1. The summed E-state index contributed by atoms with van der Waals surface area (Å²) in [6, 6.07) is 10.7. The van der Waals surface area contributed by atoms with Crippen LogP contribution in [0.25, 0.3) is 11.0 Å². The number of methoxy groups -OCH3 is 1. The third kappa shape index (κ3) is 4.78. The average molecular weight is 398 g/mol. The molecule has 7 nitrogen and oxygen atoms in total. The number of hydrogen-bond acceptors (Lipinski definition) is 6. The summed E-state index contributed by atoms with van der Waals surface area (Å²) in [5.74, 6) is -0.538. The highest BCUT2D eigenvalue weighted by Gasteiger charge is 2.15. The van der Waals surface area contributed by atoms with Crippen molar-refractivity contribution in [2.24, 2.45) is 5.10 Å². The Balaban J connectivity index is 1.64. The van der Waals surface area contributed by atoms with Crippen LogP contribution in [0.3, 0.4) is 0 Å². The van der Waals surface area contributed by atoms with Crippen molar-refractivity contribution in [2.75, 3.05) is 7.11 Å². The Kier molecular flexibility index (Phi) is 5.92. The summed E-state index contributed by atoms with van der Waals surface area (Å²) >= 11 is 0. The Morgan fingerprint density at radius 2 is 2.03 bits per heavy atom. The molecule has 1 atom stereocenters. The molecular weight excluding hydrogens is 379 g/mol. The summed E-state index contributed by atoms with van der Waals surface area (Å²) in [7, 11) is 1.37. The van der Waals surface area contributed by atoms with E-state index in [2.05, 4.69) is 10.5 Å². The Bertz CT molecular complexity index is 1140. The van der Waals surface area contributed by atoms with Gasteiger partial charge in [-0.3, -0.25) is 4.79 Å². The van der Waals surface area contributed by atoms with Crippen LogP contribution in [-0.2, 0) is 4.79 Å². The molecule has 0 saturated heterocycles. The summed E-state index contributed by atoms with van der Waals surface area (Å²) in [6.45, 7) is 3.36. The first-order valence-corrected chi connectivity index (χ1v) is 8.75. The molecule has 0 spiro atoms. The normalized spacial score (nSPS) is 12.1. The largest absolute Gasteiger partial charge is 0.494 e. The first-order valence-electron chi connectivity index (χ1n) is 8.75. The number of hydrogen-bond donors (Lipinski definition) is 1. The van der Waals surface area contributed by atoms with Gasteiger partial charge in [0.15, 0.2) is 17.7 Å². The number of nitrogens with zero attached hydrogens (tertiary/aromatic N) is 1. The van der Waals surface area contributed by atoms with E-state index in [1.54, 1.807) is 31.2 Å². The van der Waals surface area contributed by atoms with Gasteiger partial charge in [-0.05, 0) is 55.3 Å². The fourth-order valence-corrected chi connectivity index (χ4v) is 2.66. The van der Waals surface area contributed by atoms with Crippen LogP contribution in [0.2, 0.25) is 0 Å². The predicted molar refractivity (Wildman–Crippen MR) is 106 cm³/mol. The van der Waals surface area contributed by atoms with Crippen LogP contribution < -0.4 is 20.5 Å². The average Bonchev–Trinajstić information content (AvgIpc) is 2.67. The van der Waals surface area contributed by atoms with E-state index in [4.69, 9.17) is 13.9 Å². The van der Waals surface area contributed by atoms with Gasteiger partial charge < -0.3 is 13.9 Å². The van der Waals surface area contributed by atoms with Gasteiger partial charge in [-0.25, -0.2) is 14.6 Å². The van der Waals surface area contributed by atoms with Crippen LogP contribution in [0.5, 0.6) is 11.5 Å². The van der Waals surface area contributed by atoms with Crippen molar-refractivity contribution in [1.82, 2.24) is 5.43 Å². The standard InChI is InChI=1S/C21H19FN2O5/c1-12-8-20(25)29-19-10-15(5-6-16(12)19)28-13(2)21(26)24-23-11-14-4-7-18(27-3)17(22)9-14/h4-11,13H,1-3H3,(H,24,26)/b23-11-/t13-/m0/s1. The molecule has 0 saturated carbocycles. The molecule has 3 aromatic rings. The number of carbonyl (C=O) groups excluding carboxylic acids is 1. The molecule has 0 radical (unpaired) electrons. The number of aryl methyl sites for hydroxylation is 1. The molecule has 29 heavy (non-hydrogen) atoms. The molecule has 0 aliphatic rings. The zero-order valence-electron chi connectivity index (χ0n) is 16.1. The molecule has 2 aromatic carbocycles. The second kappa shape index (κ2) is 8.55. The van der Waals surface area contributed by atoms with Crippen LogP contribution in [0.1, 0.15) is 18.1 Å². The molecule has 0 bridgehead atoms. The summed E-state index contributed by atoms with van der Waals surface area (Å²) < 4.78 is 29.2. The number of fused-ring (bicyclic) bond motifs is 1. The summed E-state index contributed by atoms with van der Waals surface area (Å²) in [5.41, 5.74) is 3.50. The molecule has 150 valence electrons. The predicted octanol–water partition coefficient (Wildman–Crippen LogP) is 3.17. The van der Waals surface area contributed by atoms with Gasteiger partial charge in [-0.1, -0.05) is 0 Å². The van der Waals surface area contributed by atoms with Crippen molar-refractivity contribution < 1.29 is 23.1 Å². The van der Waals surface area contributed by atoms with Gasteiger partial charge in [0.05, 0.1) is 13.3 Å². The van der Waals surface area contributed by atoms with Crippen molar-refractivity contribution in [1.29, 1.82) is 0 Å². The molecule has 1 aromatic heterocycles. The van der Waals surface area contributed by atoms with Gasteiger partial charge in [0, 0.05) is 17.5 Å². The molecule has 8 heteroatoms. The Hall–Kier alpha value is -3.68. The second-order valence-electron chi connectivity index (χ2n) is 6.29. The van der Waals surface area contributed by atoms with Crippen molar-refractivity contribution in [3.63, 3.8) is 0 Å². The fraction of sp³-hybridized carbons (Fsp3) is 0.190. The lowest BCUT2D eigenvalue weighted by Crippen LogP contribution is -2.33. The van der Waals surface area contributed by atoms with Crippen LogP contribution in [0.4, 0.5) is 4.39 Å². The minimum absolute atomic E-state index is 0.120. The number of hydrazone groups is 1. The molecule has 3 rings (SSSR count). The van der Waals surface area contributed by atoms with E-state index in [1.165, 1.54) is 31.5 Å². The topological polar surface area (TPSA) is 90.1 Å². The number of halogens is 1. The molecule has 1 heterocycles. The Morgan fingerprint density at radius 1 is 1.24 bits per heavy atom. The van der Waals surface area contributed by atoms with Crippen molar-refractivity contribution in [3.05, 3.63) is 69.8 Å². The zero-order valence-corrected chi connectivity index (χ0v) is 16.1. The van der Waals surface area contributed by atoms with Crippen molar-refractivity contribution in [2.45, 2.75) is 20.0 Å². The fourth-order valence-electron chi connectivity index (χ4n) is 2.66. The maximum absolute atomic E-state index is 13.6. The highest BCUT2D eigenvalue weighted by molar-refractivity contribution is 5.85. The Labute approximate surface area is 165 Å². The van der Waals surface area contributed by atoms with Gasteiger partial charge in [-0.2, -0.15) is 5.10 Å². The van der Waals surface area contributed by atoms with Crippen LogP contribution in [-0.4, -0.2) is 25.3 Å². The number of rotatable bonds is 6. The van der Waals surface area contributed by atoms with Gasteiger partial charge in [0.2, 0.25) is 0 Å². The van der Waals surface area contributed by atoms with Crippen LogP contribution >= 0.6 is 0 Å². The highest BCUT2D eigenvalue weighted by Crippen LogP contribution is 2.23. The zero-order chi connectivity index (χ0) is 21.0. The Morgan fingerprint density at radius 3 is 2.76 bits per heavy atom. The minimum atomic E-state index is -0.867. The van der Waals surface area contributed by atoms with E-state index in [0.717, 1.165) is 10.9 Å². The summed E-state index contributed by atoms with van der Waals surface area (Å²) in [4.78, 5) is 23.7. The molecule has 0 fully saturated rings. The van der Waals surface area contributed by atoms with Gasteiger partial charge in [0.1, 0.15) is 11.3 Å². The minimum Gasteiger partial charge on any atom is -0.494 e. The number of amides is 1. The lowest BCUT2D eigenvalue weighted by Gasteiger charge is -2.13. The highest BCUT2D eigenvalue weighted by atomic mass is 19.1. The number of benzene rings is 2. The van der Waals surface area contributed by atoms with E-state index < -0.39 is 23.5 Å². The number of carbonyl (C=O) groups is 1. The first-order chi connectivity index (χ1) is 13.9. The van der Waals surface area contributed by atoms with Crippen LogP contribution in [0.15, 0.2) is 56.8 Å². The van der Waals surface area contributed by atoms with Crippen molar-refractivity contribution in [3.8, 4) is 11.5 Å². The molecule has 1 N–H and O–H groups in total. The van der Waals surface area contributed by atoms with Gasteiger partial charge in [-0.15, -0.1) is 0 Å². The quantitative estimate of drug-likeness (QED) is 0.391. The summed E-state index contributed by atoms with van der Waals surface area (Å²) in [5, 5.41) is 4.58. The molecule has 0 unspecified atom stereocenters. The van der Waals surface area contributed by atoms with Gasteiger partial charge >= 0.3 is 5.63 Å². The van der Waals surface area contributed by atoms with E-state index in [0.29, 0.717) is 16.9 Å². The molecule has 0 aliphatic carbocycles. The van der Waals surface area contributed by atoms with E-state index >= 15 is 0 Å². The lowest BCUT2D eigenvalue weighted by molar-refractivity contribution is -0.127. The second-order valence-corrected chi connectivity index (χ2v) is 6.29. The van der Waals surface area contributed by atoms with E-state index in [-0.39, 0.29) is 5.75 Å². The SMILES string of the molecule is COc1ccc(/C=N\NC(=O)[C@H](C)Oc2ccc3c(C)cc(=O)oc3c2)cc1F. The van der Waals surface area contributed by atoms with Gasteiger partial charge in [0.25, 0.3) is 5.91 Å². The van der Waals surface area contributed by atoms with Crippen LogP contribution in [0, 0.1) is 12.7 Å². The molecular formula is C21H19FN2O5. The maximum atomic E-state index is 13.6.